The predicted molar refractivity (Wildman–Crippen MR) is 127 cm³/mol. The SMILES string of the molecule is COc1ccc(OC)c(/C(O)=C2\C(=O)C(=O)N(c3cc(Cl)cc(Cl)c3)C2c2ccc(F)cc2)c1. The number of anilines is 1. The summed E-state index contributed by atoms with van der Waals surface area (Å²) < 4.78 is 24.3. The maximum atomic E-state index is 13.7. The van der Waals surface area contributed by atoms with E-state index in [1.54, 1.807) is 12.1 Å². The lowest BCUT2D eigenvalue weighted by Crippen LogP contribution is -2.29. The Labute approximate surface area is 204 Å². The van der Waals surface area contributed by atoms with E-state index < -0.39 is 29.3 Å². The Morgan fingerprint density at radius 3 is 2.18 bits per heavy atom. The van der Waals surface area contributed by atoms with Gasteiger partial charge in [0.2, 0.25) is 0 Å². The van der Waals surface area contributed by atoms with Crippen LogP contribution < -0.4 is 14.4 Å². The Morgan fingerprint density at radius 1 is 0.941 bits per heavy atom. The molecule has 1 fully saturated rings. The van der Waals surface area contributed by atoms with Crippen LogP contribution >= 0.6 is 23.2 Å². The Kier molecular flexibility index (Phi) is 6.50. The van der Waals surface area contributed by atoms with E-state index in [4.69, 9.17) is 32.7 Å². The predicted octanol–water partition coefficient (Wildman–Crippen LogP) is 5.78. The monoisotopic (exact) mass is 501 g/mol. The zero-order chi connectivity index (χ0) is 24.6. The van der Waals surface area contributed by atoms with E-state index in [-0.39, 0.29) is 32.6 Å². The molecule has 4 rings (SSSR count). The summed E-state index contributed by atoms with van der Waals surface area (Å²) in [5.41, 5.74) is 0.570. The number of halogens is 3. The van der Waals surface area contributed by atoms with Crippen molar-refractivity contribution in [3.8, 4) is 11.5 Å². The zero-order valence-electron chi connectivity index (χ0n) is 18.0. The van der Waals surface area contributed by atoms with Crippen molar-refractivity contribution in [1.29, 1.82) is 0 Å². The molecule has 174 valence electrons. The van der Waals surface area contributed by atoms with E-state index in [2.05, 4.69) is 0 Å². The fourth-order valence-corrected chi connectivity index (χ4v) is 4.40. The average molecular weight is 502 g/mol. The minimum Gasteiger partial charge on any atom is -0.507 e. The van der Waals surface area contributed by atoms with Crippen LogP contribution in [0.5, 0.6) is 11.5 Å². The van der Waals surface area contributed by atoms with E-state index in [9.17, 15) is 19.1 Å². The van der Waals surface area contributed by atoms with Gasteiger partial charge in [-0.15, -0.1) is 0 Å². The van der Waals surface area contributed by atoms with Gasteiger partial charge in [0, 0.05) is 15.7 Å². The molecule has 1 saturated heterocycles. The summed E-state index contributed by atoms with van der Waals surface area (Å²) in [4.78, 5) is 27.6. The summed E-state index contributed by atoms with van der Waals surface area (Å²) in [5, 5.41) is 11.8. The smallest absolute Gasteiger partial charge is 0.300 e. The molecule has 3 aromatic carbocycles. The van der Waals surface area contributed by atoms with Gasteiger partial charge >= 0.3 is 0 Å². The molecule has 9 heteroatoms. The molecule has 0 aromatic heterocycles. The number of nitrogens with zero attached hydrogens (tertiary/aromatic N) is 1. The van der Waals surface area contributed by atoms with Crippen LogP contribution in [0.1, 0.15) is 17.2 Å². The number of methoxy groups -OCH3 is 2. The molecule has 1 aliphatic heterocycles. The number of rotatable bonds is 5. The number of Topliss-reactive ketones (excluding diaryl/α,β-unsaturated/α-hetero) is 1. The van der Waals surface area contributed by atoms with E-state index in [0.717, 1.165) is 0 Å². The van der Waals surface area contributed by atoms with Crippen LogP contribution in [-0.2, 0) is 9.59 Å². The molecule has 0 bridgehead atoms. The summed E-state index contributed by atoms with van der Waals surface area (Å²) in [7, 11) is 2.86. The van der Waals surface area contributed by atoms with Crippen molar-refractivity contribution >= 4 is 46.3 Å². The maximum Gasteiger partial charge on any atom is 0.300 e. The van der Waals surface area contributed by atoms with Gasteiger partial charge in [0.1, 0.15) is 23.1 Å². The third kappa shape index (κ3) is 4.20. The number of ether oxygens (including phenoxy) is 2. The Balaban J connectivity index is 2.00. The number of carbonyl (C=O) groups excluding carboxylic acids is 2. The second kappa shape index (κ2) is 9.37. The topological polar surface area (TPSA) is 76.1 Å². The van der Waals surface area contributed by atoms with Crippen LogP contribution in [0.2, 0.25) is 10.0 Å². The minimum absolute atomic E-state index is 0.149. The van der Waals surface area contributed by atoms with Crippen molar-refractivity contribution in [1.82, 2.24) is 0 Å². The number of benzene rings is 3. The first kappa shape index (κ1) is 23.6. The molecule has 3 aromatic rings. The average Bonchev–Trinajstić information content (AvgIpc) is 3.08. The number of ketones is 1. The largest absolute Gasteiger partial charge is 0.507 e. The van der Waals surface area contributed by atoms with Crippen molar-refractivity contribution < 1.29 is 28.6 Å². The lowest BCUT2D eigenvalue weighted by atomic mass is 9.94. The maximum absolute atomic E-state index is 13.7. The highest BCUT2D eigenvalue weighted by atomic mass is 35.5. The van der Waals surface area contributed by atoms with Crippen LogP contribution in [0.25, 0.3) is 5.76 Å². The summed E-state index contributed by atoms with van der Waals surface area (Å²) >= 11 is 12.3. The molecule has 0 spiro atoms. The van der Waals surface area contributed by atoms with E-state index >= 15 is 0 Å². The molecule has 1 aliphatic rings. The first-order chi connectivity index (χ1) is 16.2. The molecule has 1 amide bonds. The Bertz CT molecular complexity index is 1300. The molecule has 1 N–H and O–H groups in total. The quantitative estimate of drug-likeness (QED) is 0.272. The number of aliphatic hydroxyl groups excluding tert-OH is 1. The first-order valence-corrected chi connectivity index (χ1v) is 10.8. The molecule has 1 heterocycles. The highest BCUT2D eigenvalue weighted by molar-refractivity contribution is 6.52. The van der Waals surface area contributed by atoms with Gasteiger partial charge < -0.3 is 14.6 Å². The molecule has 0 saturated carbocycles. The van der Waals surface area contributed by atoms with Gasteiger partial charge in [0.25, 0.3) is 11.7 Å². The molecule has 34 heavy (non-hydrogen) atoms. The summed E-state index contributed by atoms with van der Waals surface area (Å²) in [6.45, 7) is 0. The summed E-state index contributed by atoms with van der Waals surface area (Å²) in [5.74, 6) is -2.16. The van der Waals surface area contributed by atoms with E-state index in [1.807, 2.05) is 0 Å². The van der Waals surface area contributed by atoms with Gasteiger partial charge in [-0.2, -0.15) is 0 Å². The van der Waals surface area contributed by atoms with Crippen LogP contribution in [-0.4, -0.2) is 31.0 Å². The van der Waals surface area contributed by atoms with Gasteiger partial charge in [-0.05, 0) is 54.1 Å². The van der Waals surface area contributed by atoms with E-state index in [0.29, 0.717) is 11.3 Å². The normalized spacial score (nSPS) is 17.2. The summed E-state index contributed by atoms with van der Waals surface area (Å²) in [6, 6.07) is 13.3. The molecule has 1 atom stereocenters. The number of hydrogen-bond donors (Lipinski definition) is 1. The Hall–Kier alpha value is -3.55. The number of aliphatic hydroxyl groups is 1. The van der Waals surface area contributed by atoms with Crippen LogP contribution in [0.4, 0.5) is 10.1 Å². The van der Waals surface area contributed by atoms with Crippen molar-refractivity contribution in [2.24, 2.45) is 0 Å². The molecule has 6 nitrogen and oxygen atoms in total. The summed E-state index contributed by atoms with van der Waals surface area (Å²) in [6.07, 6.45) is 0. The molecule has 0 radical (unpaired) electrons. The first-order valence-electron chi connectivity index (χ1n) is 10.00. The van der Waals surface area contributed by atoms with Crippen molar-refractivity contribution in [3.63, 3.8) is 0 Å². The second-order valence-corrected chi connectivity index (χ2v) is 8.29. The number of carbonyl (C=O) groups is 2. The Morgan fingerprint density at radius 2 is 1.59 bits per heavy atom. The van der Waals surface area contributed by atoms with Gasteiger partial charge in [-0.1, -0.05) is 35.3 Å². The lowest BCUT2D eigenvalue weighted by molar-refractivity contribution is -0.132. The molecule has 1 unspecified atom stereocenters. The van der Waals surface area contributed by atoms with Gasteiger partial charge in [0.05, 0.1) is 31.4 Å². The third-order valence-corrected chi connectivity index (χ3v) is 5.85. The highest BCUT2D eigenvalue weighted by Gasteiger charge is 2.47. The highest BCUT2D eigenvalue weighted by Crippen LogP contribution is 2.44. The lowest BCUT2D eigenvalue weighted by Gasteiger charge is -2.26. The van der Waals surface area contributed by atoms with Gasteiger partial charge in [-0.3, -0.25) is 14.5 Å². The fourth-order valence-electron chi connectivity index (χ4n) is 3.88. The standard InChI is InChI=1S/C25H18Cl2FNO5/c1-33-18-7-8-20(34-2)19(12-18)23(30)21-22(13-3-5-16(28)6-4-13)29(25(32)24(21)31)17-10-14(26)9-15(27)11-17/h3-12,22,30H,1-2H3/b23-21+. The number of hydrogen-bond acceptors (Lipinski definition) is 5. The van der Waals surface area contributed by atoms with Crippen molar-refractivity contribution in [3.05, 3.63) is 93.2 Å². The second-order valence-electron chi connectivity index (χ2n) is 7.41. The van der Waals surface area contributed by atoms with Crippen molar-refractivity contribution in [2.75, 3.05) is 19.1 Å². The van der Waals surface area contributed by atoms with Crippen LogP contribution in [0.3, 0.4) is 0 Å². The van der Waals surface area contributed by atoms with E-state index in [1.165, 1.54) is 67.7 Å². The zero-order valence-corrected chi connectivity index (χ0v) is 19.5. The van der Waals surface area contributed by atoms with Crippen LogP contribution in [0, 0.1) is 5.82 Å². The van der Waals surface area contributed by atoms with Gasteiger partial charge in [0.15, 0.2) is 0 Å². The fraction of sp³-hybridized carbons (Fsp3) is 0.120. The molecular weight excluding hydrogens is 484 g/mol. The number of amides is 1. The van der Waals surface area contributed by atoms with Gasteiger partial charge in [-0.25, -0.2) is 4.39 Å². The minimum atomic E-state index is -1.09. The molecule has 0 aliphatic carbocycles. The van der Waals surface area contributed by atoms with Crippen molar-refractivity contribution in [2.45, 2.75) is 6.04 Å². The molecular formula is C25H18Cl2FNO5. The van der Waals surface area contributed by atoms with Crippen LogP contribution in [0.15, 0.2) is 66.2 Å². The third-order valence-electron chi connectivity index (χ3n) is 5.42.